The van der Waals surface area contributed by atoms with Crippen molar-refractivity contribution < 1.29 is 46.6 Å². The summed E-state index contributed by atoms with van der Waals surface area (Å²) in [4.78, 5) is 80.1. The van der Waals surface area contributed by atoms with Gasteiger partial charge in [0.15, 0.2) is 0 Å². The number of halogens is 6. The fraction of sp³-hybridized carbons (Fsp3) is 0.500. The number of carbonyl (C=O) groups is 5. The van der Waals surface area contributed by atoms with Gasteiger partial charge in [-0.25, -0.2) is 13.2 Å². The molecule has 1 unspecified atom stereocenters. The van der Waals surface area contributed by atoms with E-state index in [0.29, 0.717) is 87.7 Å². The maximum Gasteiger partial charge on any atom is 0.252 e. The van der Waals surface area contributed by atoms with Crippen LogP contribution < -0.4 is 36.8 Å². The number of ether oxygens (including phenoxy) is 2. The molecule has 0 radical (unpaired) electrons. The lowest BCUT2D eigenvalue weighted by Crippen LogP contribution is -2.62. The maximum atomic E-state index is 15.0. The topological polar surface area (TPSA) is 189 Å². The van der Waals surface area contributed by atoms with E-state index in [4.69, 9.17) is 9.47 Å². The van der Waals surface area contributed by atoms with Crippen molar-refractivity contribution in [1.82, 2.24) is 36.0 Å². The largest absolute Gasteiger partial charge is 0.381 e. The maximum absolute atomic E-state index is 15.0. The summed E-state index contributed by atoms with van der Waals surface area (Å²) in [6, 6.07) is 18.5. The molecule has 5 heterocycles. The van der Waals surface area contributed by atoms with Crippen LogP contribution in [-0.2, 0) is 51.8 Å². The van der Waals surface area contributed by atoms with E-state index in [0.717, 1.165) is 36.3 Å². The van der Waals surface area contributed by atoms with Crippen LogP contribution in [0, 0.1) is 23.4 Å². The summed E-state index contributed by atoms with van der Waals surface area (Å²) in [5, 5.41) is 18.2. The number of piperazine rings is 1. The van der Waals surface area contributed by atoms with Crippen LogP contribution in [0.25, 0.3) is 0 Å². The minimum absolute atomic E-state index is 0. The van der Waals surface area contributed by atoms with Gasteiger partial charge in [0, 0.05) is 94.6 Å². The minimum atomic E-state index is -1.34. The number of fused-ring (bicyclic) bond motifs is 2. The number of nitrogens with one attached hydrogen (secondary N) is 6. The third kappa shape index (κ3) is 15.1. The molecular formula is C58H76Cl3F3N10O7. The van der Waals surface area contributed by atoms with Crippen LogP contribution in [-0.4, -0.2) is 160 Å². The van der Waals surface area contributed by atoms with Crippen LogP contribution in [0.4, 0.5) is 30.2 Å². The fourth-order valence-electron chi connectivity index (χ4n) is 11.5. The molecule has 17 nitrogen and oxygen atoms in total. The summed E-state index contributed by atoms with van der Waals surface area (Å²) in [7, 11) is 1.82. The Kier molecular flexibility index (Phi) is 23.0. The summed E-state index contributed by atoms with van der Waals surface area (Å²) in [6.45, 7) is 13.3. The van der Waals surface area contributed by atoms with Gasteiger partial charge >= 0.3 is 0 Å². The van der Waals surface area contributed by atoms with Gasteiger partial charge in [0.05, 0.1) is 37.8 Å². The Morgan fingerprint density at radius 1 is 0.852 bits per heavy atom. The van der Waals surface area contributed by atoms with Gasteiger partial charge in [-0.05, 0) is 130 Å². The monoisotopic (exact) mass is 1190 g/mol. The van der Waals surface area contributed by atoms with E-state index < -0.39 is 59.1 Å². The van der Waals surface area contributed by atoms with Gasteiger partial charge in [-0.3, -0.25) is 33.8 Å². The van der Waals surface area contributed by atoms with Crippen LogP contribution in [0.5, 0.6) is 0 Å². The summed E-state index contributed by atoms with van der Waals surface area (Å²) in [6.07, 6.45) is 1.68. The molecule has 0 aliphatic carbocycles. The zero-order valence-electron chi connectivity index (χ0n) is 46.4. The van der Waals surface area contributed by atoms with E-state index in [1.807, 2.05) is 32.2 Å². The Bertz CT molecular complexity index is 2840. The SMILES string of the molecule is CN[C@@H](C)CN[C@H](C(=O)N1Cc2ccc(NC(=O)CNC(=O)C3(C)CN(C(=O)CN4C[C@@H](C)NC[C@@H]4CN4CCOC[C@H]4C)c4cc(Cc5ccc(F)cc5)ccc43)cc2[C@H]1C(=O)Nc1c(F)cccc1F)C1CCOCC1.Cl.Cl.Cl. The van der Waals surface area contributed by atoms with Gasteiger partial charge < -0.3 is 51.2 Å². The first kappa shape index (κ1) is 64.8. The Labute approximate surface area is 490 Å². The lowest BCUT2D eigenvalue weighted by molar-refractivity contribution is -0.142. The van der Waals surface area contributed by atoms with Crippen molar-refractivity contribution in [2.24, 2.45) is 5.92 Å². The van der Waals surface area contributed by atoms with Gasteiger partial charge in [-0.2, -0.15) is 0 Å². The van der Waals surface area contributed by atoms with E-state index in [9.17, 15) is 28.4 Å². The molecule has 5 amide bonds. The number of likely N-dealkylation sites (N-methyl/N-ethyl adjacent to an activating group) is 1. The predicted molar refractivity (Wildman–Crippen MR) is 312 cm³/mol. The van der Waals surface area contributed by atoms with E-state index >= 15 is 8.78 Å². The summed E-state index contributed by atoms with van der Waals surface area (Å²) < 4.78 is 55.3. The van der Waals surface area contributed by atoms with Gasteiger partial charge in [0.1, 0.15) is 29.2 Å². The molecule has 0 saturated carbocycles. The fourth-order valence-corrected chi connectivity index (χ4v) is 11.5. The number of benzene rings is 4. The predicted octanol–water partition coefficient (Wildman–Crippen LogP) is 5.72. The second-order valence-electron chi connectivity index (χ2n) is 21.9. The zero-order valence-corrected chi connectivity index (χ0v) is 48.8. The number of rotatable bonds is 18. The number of morpholine rings is 1. The third-order valence-corrected chi connectivity index (χ3v) is 16.2. The third-order valence-electron chi connectivity index (χ3n) is 16.2. The number of hydrogen-bond acceptors (Lipinski definition) is 12. The van der Waals surface area contributed by atoms with Crippen molar-refractivity contribution in [3.8, 4) is 0 Å². The number of amides is 5. The van der Waals surface area contributed by atoms with E-state index in [-0.39, 0.29) is 110 Å². The van der Waals surface area contributed by atoms with Crippen LogP contribution in [0.1, 0.15) is 74.4 Å². The lowest BCUT2D eigenvalue weighted by atomic mass is 9.83. The minimum Gasteiger partial charge on any atom is -0.381 e. The molecule has 0 bridgehead atoms. The summed E-state index contributed by atoms with van der Waals surface area (Å²) in [5.74, 6) is -4.88. The quantitative estimate of drug-likeness (QED) is 0.0713. The van der Waals surface area contributed by atoms with Crippen LogP contribution in [0.3, 0.4) is 0 Å². The first-order valence-corrected chi connectivity index (χ1v) is 27.2. The molecule has 9 rings (SSSR count). The Morgan fingerprint density at radius 2 is 1.57 bits per heavy atom. The summed E-state index contributed by atoms with van der Waals surface area (Å²) >= 11 is 0. The number of anilines is 3. The molecule has 442 valence electrons. The van der Waals surface area contributed by atoms with Gasteiger partial charge in [0.2, 0.25) is 23.6 Å². The molecule has 3 saturated heterocycles. The molecule has 0 spiro atoms. The molecule has 5 aliphatic heterocycles. The first-order valence-electron chi connectivity index (χ1n) is 27.2. The smallest absolute Gasteiger partial charge is 0.252 e. The van der Waals surface area contributed by atoms with Gasteiger partial charge in [0.25, 0.3) is 5.91 Å². The average molecular weight is 1190 g/mol. The second-order valence-corrected chi connectivity index (χ2v) is 21.9. The van der Waals surface area contributed by atoms with Crippen molar-refractivity contribution in [2.45, 2.75) is 95.2 Å². The van der Waals surface area contributed by atoms with Gasteiger partial charge in [-0.15, -0.1) is 37.2 Å². The molecule has 81 heavy (non-hydrogen) atoms. The molecule has 5 aliphatic rings. The van der Waals surface area contributed by atoms with Crippen LogP contribution in [0.2, 0.25) is 0 Å². The van der Waals surface area contributed by atoms with E-state index in [2.05, 4.69) is 55.5 Å². The highest BCUT2D eigenvalue weighted by molar-refractivity contribution is 6.04. The number of carbonyl (C=O) groups excluding carboxylic acids is 5. The van der Waals surface area contributed by atoms with E-state index in [1.54, 1.807) is 42.2 Å². The molecule has 4 aromatic carbocycles. The van der Waals surface area contributed by atoms with Crippen molar-refractivity contribution in [1.29, 1.82) is 0 Å². The molecule has 3 fully saturated rings. The van der Waals surface area contributed by atoms with Crippen molar-refractivity contribution in [2.75, 3.05) is 101 Å². The van der Waals surface area contributed by atoms with Crippen molar-refractivity contribution in [3.05, 3.63) is 124 Å². The standard InChI is InChI=1S/C58H73F3N10O7.3ClH/c1-35(62-5)26-64-52(40-17-20-77-21-18-40)56(75)70-30-41-12-15-43(25-45(41)54(70)55(74)67-53-47(60)7-6-8-48(53)61)66-50(72)28-65-57(76)58(4)34-71(49-24-39(11-16-46(49)58)23-38-9-13-42(59)14-10-38)51(73)32-69-29-36(2)63-27-44(69)31-68-19-22-78-33-37(68)3;;;/h6-16,24-25,35-37,40,44,52,54,62-64H,17-23,26-34H2,1-5H3,(H,65,76)(H,66,72)(H,67,74);3*1H/t35-,36+,37+,44+,52-,54-,58?;;;/m0.../s1. The number of hydrogen-bond donors (Lipinski definition) is 6. The second kappa shape index (κ2) is 28.7. The summed E-state index contributed by atoms with van der Waals surface area (Å²) in [5.41, 5.74) is 2.23. The molecule has 0 aromatic heterocycles. The Hall–Kier alpha value is -5.39. The first-order chi connectivity index (χ1) is 37.5. The normalized spacial score (nSPS) is 22.7. The number of para-hydroxylation sites is 1. The highest BCUT2D eigenvalue weighted by Crippen LogP contribution is 2.43. The highest BCUT2D eigenvalue weighted by Gasteiger charge is 2.48. The molecular weight excluding hydrogens is 1110 g/mol. The Balaban J connectivity index is 0.00000352. The van der Waals surface area contributed by atoms with E-state index in [1.165, 1.54) is 23.1 Å². The average Bonchev–Trinajstić information content (AvgIpc) is 4.19. The lowest BCUT2D eigenvalue weighted by Gasteiger charge is -2.43. The highest BCUT2D eigenvalue weighted by atomic mass is 35.5. The molecule has 6 N–H and O–H groups in total. The molecule has 23 heteroatoms. The van der Waals surface area contributed by atoms with Crippen LogP contribution >= 0.6 is 37.2 Å². The Morgan fingerprint density at radius 3 is 2.27 bits per heavy atom. The molecule has 4 aromatic rings. The zero-order chi connectivity index (χ0) is 55.3. The number of nitrogens with zero attached hydrogens (tertiary/aromatic N) is 4. The van der Waals surface area contributed by atoms with Crippen molar-refractivity contribution in [3.63, 3.8) is 0 Å². The van der Waals surface area contributed by atoms with Crippen LogP contribution in [0.15, 0.2) is 78.9 Å². The molecule has 7 atom stereocenters. The van der Waals surface area contributed by atoms with Gasteiger partial charge in [-0.1, -0.05) is 36.4 Å². The van der Waals surface area contributed by atoms with Crippen molar-refractivity contribution >= 4 is 83.8 Å².